The molecule has 3 rings (SSSR count). The minimum atomic E-state index is -1.98. The predicted octanol–water partition coefficient (Wildman–Crippen LogP) is 2.60. The van der Waals surface area contributed by atoms with E-state index in [2.05, 4.69) is 5.32 Å². The van der Waals surface area contributed by atoms with Crippen molar-refractivity contribution in [3.63, 3.8) is 0 Å². The van der Waals surface area contributed by atoms with Gasteiger partial charge in [0.25, 0.3) is 11.4 Å². The first kappa shape index (κ1) is 20.8. The van der Waals surface area contributed by atoms with Gasteiger partial charge in [0.15, 0.2) is 0 Å². The summed E-state index contributed by atoms with van der Waals surface area (Å²) in [5, 5.41) is 13.0. The third-order valence-corrected chi connectivity index (χ3v) is 4.33. The molecule has 1 atom stereocenters. The van der Waals surface area contributed by atoms with Gasteiger partial charge in [-0.1, -0.05) is 30.3 Å². The van der Waals surface area contributed by atoms with E-state index in [4.69, 9.17) is 14.2 Å². The molecule has 1 heterocycles. The maximum absolute atomic E-state index is 12.6. The van der Waals surface area contributed by atoms with Crippen molar-refractivity contribution < 1.29 is 33.5 Å². The largest absolute Gasteiger partial charge is 0.456 e. The molecular weight excluding hydrogens is 396 g/mol. The van der Waals surface area contributed by atoms with Gasteiger partial charge >= 0.3 is 18.0 Å². The number of non-ortho nitro benzene ring substituents is 1. The second kappa shape index (κ2) is 9.03. The Bertz CT molecular complexity index is 945. The molecule has 1 amide bonds. The number of carbonyl (C=O) groups excluding carboxylic acids is 3. The molecule has 156 valence electrons. The highest BCUT2D eigenvalue weighted by molar-refractivity contribution is 5.89. The van der Waals surface area contributed by atoms with Crippen molar-refractivity contribution in [3.05, 3.63) is 75.8 Å². The summed E-state index contributed by atoms with van der Waals surface area (Å²) < 4.78 is 15.3. The molecule has 1 fully saturated rings. The van der Waals surface area contributed by atoms with Gasteiger partial charge in [-0.15, -0.1) is 0 Å². The molecule has 0 radical (unpaired) electrons. The Morgan fingerprint density at radius 1 is 1.03 bits per heavy atom. The monoisotopic (exact) mass is 414 g/mol. The number of hydrogen-bond donors (Lipinski definition) is 1. The lowest BCUT2D eigenvalue weighted by atomic mass is 10.1. The minimum Gasteiger partial charge on any atom is -0.456 e. The SMILES string of the molecule is O=C1CCC(NC(=O)OCc2ccccc2)(C(=O)OCc2ccc([N+](=O)[O-])cc2)O1. The second-order valence-corrected chi connectivity index (χ2v) is 6.49. The Labute approximate surface area is 170 Å². The summed E-state index contributed by atoms with van der Waals surface area (Å²) in [6.07, 6.45) is -1.13. The van der Waals surface area contributed by atoms with Gasteiger partial charge in [-0.3, -0.25) is 20.2 Å². The number of rotatable bonds is 7. The summed E-state index contributed by atoms with van der Waals surface area (Å²) in [5.41, 5.74) is -0.855. The van der Waals surface area contributed by atoms with Crippen molar-refractivity contribution in [2.45, 2.75) is 31.8 Å². The van der Waals surface area contributed by atoms with E-state index in [0.717, 1.165) is 5.56 Å². The lowest BCUT2D eigenvalue weighted by Crippen LogP contribution is -2.55. The van der Waals surface area contributed by atoms with Crippen molar-refractivity contribution in [1.82, 2.24) is 5.32 Å². The smallest absolute Gasteiger partial charge is 0.411 e. The van der Waals surface area contributed by atoms with Crippen LogP contribution in [0.15, 0.2) is 54.6 Å². The van der Waals surface area contributed by atoms with Crippen molar-refractivity contribution in [3.8, 4) is 0 Å². The van der Waals surface area contributed by atoms with Gasteiger partial charge in [-0.2, -0.15) is 0 Å². The van der Waals surface area contributed by atoms with E-state index in [0.29, 0.717) is 5.56 Å². The Hall–Kier alpha value is -3.95. The number of nitro groups is 1. The molecule has 2 aromatic carbocycles. The number of esters is 2. The topological polar surface area (TPSA) is 134 Å². The molecule has 2 aromatic rings. The first-order valence-electron chi connectivity index (χ1n) is 8.99. The molecule has 10 nitrogen and oxygen atoms in total. The number of nitrogens with one attached hydrogen (secondary N) is 1. The molecular formula is C20H18N2O8. The van der Waals surface area contributed by atoms with E-state index in [1.165, 1.54) is 24.3 Å². The summed E-state index contributed by atoms with van der Waals surface area (Å²) in [6, 6.07) is 14.3. The summed E-state index contributed by atoms with van der Waals surface area (Å²) in [6.45, 7) is -0.259. The minimum absolute atomic E-state index is 0.0332. The van der Waals surface area contributed by atoms with Crippen LogP contribution in [0, 0.1) is 10.1 Å². The fraction of sp³-hybridized carbons (Fsp3) is 0.250. The van der Waals surface area contributed by atoms with E-state index < -0.39 is 28.7 Å². The van der Waals surface area contributed by atoms with Crippen LogP contribution >= 0.6 is 0 Å². The van der Waals surface area contributed by atoms with Crippen LogP contribution in [0.25, 0.3) is 0 Å². The molecule has 1 aliphatic heterocycles. The average Bonchev–Trinajstić information content (AvgIpc) is 3.13. The highest BCUT2D eigenvalue weighted by atomic mass is 16.6. The quantitative estimate of drug-likeness (QED) is 0.316. The van der Waals surface area contributed by atoms with Crippen molar-refractivity contribution >= 4 is 23.7 Å². The molecule has 1 unspecified atom stereocenters. The van der Waals surface area contributed by atoms with Gasteiger partial charge in [0.2, 0.25) is 0 Å². The molecule has 0 aromatic heterocycles. The van der Waals surface area contributed by atoms with Crippen LogP contribution in [0.4, 0.5) is 10.5 Å². The van der Waals surface area contributed by atoms with Crippen LogP contribution in [0.1, 0.15) is 24.0 Å². The maximum atomic E-state index is 12.6. The molecule has 0 aliphatic carbocycles. The van der Waals surface area contributed by atoms with Gasteiger partial charge in [0.05, 0.1) is 11.3 Å². The Balaban J connectivity index is 1.60. The number of nitro benzene ring substituents is 1. The summed E-state index contributed by atoms with van der Waals surface area (Å²) >= 11 is 0. The van der Waals surface area contributed by atoms with Gasteiger partial charge in [-0.05, 0) is 23.3 Å². The normalized spacial score (nSPS) is 17.7. The fourth-order valence-corrected chi connectivity index (χ4v) is 2.76. The highest BCUT2D eigenvalue weighted by Gasteiger charge is 2.50. The first-order chi connectivity index (χ1) is 14.4. The zero-order chi connectivity index (χ0) is 21.6. The van der Waals surface area contributed by atoms with Crippen LogP contribution in [-0.4, -0.2) is 28.7 Å². The Morgan fingerprint density at radius 2 is 1.67 bits per heavy atom. The van der Waals surface area contributed by atoms with Crippen molar-refractivity contribution in [2.24, 2.45) is 0 Å². The van der Waals surface area contributed by atoms with Crippen LogP contribution in [0.5, 0.6) is 0 Å². The molecule has 30 heavy (non-hydrogen) atoms. The van der Waals surface area contributed by atoms with Crippen LogP contribution in [0.2, 0.25) is 0 Å². The standard InChI is InChI=1S/C20H18N2O8/c23-17-10-11-20(30-17,21-19(25)29-13-14-4-2-1-3-5-14)18(24)28-12-15-6-8-16(9-7-15)22(26)27/h1-9H,10-13H2,(H,21,25). The number of cyclic esters (lactones) is 1. The summed E-state index contributed by atoms with van der Waals surface area (Å²) in [5.74, 6) is -1.63. The van der Waals surface area contributed by atoms with E-state index in [1.807, 2.05) is 6.07 Å². The molecule has 0 bridgehead atoms. The highest BCUT2D eigenvalue weighted by Crippen LogP contribution is 2.26. The molecule has 1 saturated heterocycles. The number of amides is 1. The lowest BCUT2D eigenvalue weighted by molar-refractivity contribution is -0.384. The van der Waals surface area contributed by atoms with Gasteiger partial charge in [0, 0.05) is 18.6 Å². The second-order valence-electron chi connectivity index (χ2n) is 6.49. The summed E-state index contributed by atoms with van der Waals surface area (Å²) in [7, 11) is 0. The van der Waals surface area contributed by atoms with Crippen molar-refractivity contribution in [2.75, 3.05) is 0 Å². The zero-order valence-corrected chi connectivity index (χ0v) is 15.7. The lowest BCUT2D eigenvalue weighted by Gasteiger charge is -2.26. The predicted molar refractivity (Wildman–Crippen MR) is 101 cm³/mol. The first-order valence-corrected chi connectivity index (χ1v) is 8.99. The number of carbonyl (C=O) groups is 3. The summed E-state index contributed by atoms with van der Waals surface area (Å²) in [4.78, 5) is 46.5. The van der Waals surface area contributed by atoms with Gasteiger partial charge < -0.3 is 14.2 Å². The number of alkyl carbamates (subject to hydrolysis) is 1. The van der Waals surface area contributed by atoms with Crippen molar-refractivity contribution in [1.29, 1.82) is 0 Å². The number of nitrogens with zero attached hydrogens (tertiary/aromatic N) is 1. The number of ether oxygens (including phenoxy) is 3. The average molecular weight is 414 g/mol. The number of hydrogen-bond acceptors (Lipinski definition) is 8. The molecule has 0 saturated carbocycles. The van der Waals surface area contributed by atoms with Crippen LogP contribution in [-0.2, 0) is 37.0 Å². The van der Waals surface area contributed by atoms with Gasteiger partial charge in [-0.25, -0.2) is 9.59 Å². The molecule has 1 N–H and O–H groups in total. The van der Waals surface area contributed by atoms with E-state index in [9.17, 15) is 24.5 Å². The molecule has 0 spiro atoms. The zero-order valence-electron chi connectivity index (χ0n) is 15.7. The Morgan fingerprint density at radius 3 is 2.27 bits per heavy atom. The van der Waals surface area contributed by atoms with E-state index >= 15 is 0 Å². The maximum Gasteiger partial charge on any atom is 0.411 e. The van der Waals surface area contributed by atoms with E-state index in [-0.39, 0.29) is 31.7 Å². The Kier molecular flexibility index (Phi) is 6.26. The fourth-order valence-electron chi connectivity index (χ4n) is 2.76. The third-order valence-electron chi connectivity index (χ3n) is 4.33. The van der Waals surface area contributed by atoms with Crippen LogP contribution < -0.4 is 5.32 Å². The third kappa shape index (κ3) is 5.10. The van der Waals surface area contributed by atoms with E-state index in [1.54, 1.807) is 24.3 Å². The van der Waals surface area contributed by atoms with Gasteiger partial charge in [0.1, 0.15) is 13.2 Å². The van der Waals surface area contributed by atoms with Crippen LogP contribution in [0.3, 0.4) is 0 Å². The molecule has 10 heteroatoms. The molecule has 1 aliphatic rings. The number of benzene rings is 2.